The molecule has 0 radical (unpaired) electrons. The first-order valence-electron chi connectivity index (χ1n) is 9.49. The van der Waals surface area contributed by atoms with Gasteiger partial charge in [0.25, 0.3) is 0 Å². The van der Waals surface area contributed by atoms with Crippen molar-refractivity contribution in [1.29, 1.82) is 0 Å². The van der Waals surface area contributed by atoms with Crippen LogP contribution in [-0.2, 0) is 6.42 Å². The quantitative estimate of drug-likeness (QED) is 0.497. The Balaban J connectivity index is 0.00000169. The smallest absolute Gasteiger partial charge is 0.0486 e. The van der Waals surface area contributed by atoms with E-state index in [0.717, 1.165) is 32.5 Å². The first-order chi connectivity index (χ1) is 11.8. The van der Waals surface area contributed by atoms with Gasteiger partial charge in [-0.05, 0) is 75.5 Å². The fourth-order valence-electron chi connectivity index (χ4n) is 3.91. The number of aryl methyl sites for hydroxylation is 1. The van der Waals surface area contributed by atoms with E-state index in [1.807, 2.05) is 0 Å². The van der Waals surface area contributed by atoms with Gasteiger partial charge in [0.15, 0.2) is 0 Å². The van der Waals surface area contributed by atoms with Crippen molar-refractivity contribution in [2.24, 2.45) is 5.73 Å². The van der Waals surface area contributed by atoms with Crippen molar-refractivity contribution in [3.8, 4) is 0 Å². The predicted octanol–water partition coefficient (Wildman–Crippen LogP) is 5.62. The Morgan fingerprint density at radius 1 is 1.08 bits per heavy atom. The van der Waals surface area contributed by atoms with Gasteiger partial charge in [0.05, 0.1) is 0 Å². The lowest BCUT2D eigenvalue weighted by molar-refractivity contribution is 0.360. The Bertz CT molecular complexity index is 654. The number of nitrogens with two attached hydrogens (primary N) is 1. The van der Waals surface area contributed by atoms with Crippen LogP contribution in [-0.4, -0.2) is 24.2 Å². The van der Waals surface area contributed by atoms with Crippen molar-refractivity contribution >= 4 is 51.6 Å². The van der Waals surface area contributed by atoms with Gasteiger partial charge in [-0.3, -0.25) is 0 Å². The third-order valence-corrected chi connectivity index (χ3v) is 5.70. The fraction of sp³-hybridized carbons (Fsp3) is 0.600. The van der Waals surface area contributed by atoms with Gasteiger partial charge in [-0.1, -0.05) is 35.2 Å². The van der Waals surface area contributed by atoms with E-state index in [0.29, 0.717) is 6.04 Å². The van der Waals surface area contributed by atoms with Gasteiger partial charge in [0.2, 0.25) is 0 Å². The summed E-state index contributed by atoms with van der Waals surface area (Å²) in [6.07, 6.45) is 12.6. The topological polar surface area (TPSA) is 43.0 Å². The van der Waals surface area contributed by atoms with Crippen LogP contribution in [0.3, 0.4) is 0 Å². The SMILES string of the molecule is Cl.Cl.NCCCNCCCc1cn(C2CCCCC2)c2ccc(Br)cc12. The molecular weight excluding hydrogens is 433 g/mol. The molecule has 3 N–H and O–H groups in total. The Labute approximate surface area is 178 Å². The molecule has 1 aliphatic carbocycles. The maximum atomic E-state index is 5.54. The standard InChI is InChI=1S/C20H30BrN3.2ClH/c21-17-9-10-20-19(14-17)16(6-4-12-23-13-5-11-22)15-24(20)18-7-2-1-3-8-18;;/h9-10,14-15,18,23H,1-8,11-13,22H2;2*1H. The molecule has 0 amide bonds. The van der Waals surface area contributed by atoms with Crippen molar-refractivity contribution in [3.05, 3.63) is 34.4 Å². The van der Waals surface area contributed by atoms with E-state index in [9.17, 15) is 0 Å². The second-order valence-electron chi connectivity index (χ2n) is 7.01. The molecule has 6 heteroatoms. The molecule has 1 fully saturated rings. The second-order valence-corrected chi connectivity index (χ2v) is 7.93. The lowest BCUT2D eigenvalue weighted by Gasteiger charge is -2.24. The molecule has 0 unspecified atom stereocenters. The average Bonchev–Trinajstić information content (AvgIpc) is 2.96. The first-order valence-corrected chi connectivity index (χ1v) is 10.3. The molecule has 1 heterocycles. The molecule has 0 atom stereocenters. The molecule has 2 aromatic rings. The fourth-order valence-corrected chi connectivity index (χ4v) is 4.28. The summed E-state index contributed by atoms with van der Waals surface area (Å²) in [5, 5.41) is 4.92. The summed E-state index contributed by atoms with van der Waals surface area (Å²) in [4.78, 5) is 0. The molecule has 26 heavy (non-hydrogen) atoms. The normalized spacial score (nSPS) is 14.8. The van der Waals surface area contributed by atoms with Gasteiger partial charge < -0.3 is 15.6 Å². The molecule has 1 aliphatic rings. The molecule has 0 aliphatic heterocycles. The van der Waals surface area contributed by atoms with Gasteiger partial charge in [0, 0.05) is 27.6 Å². The minimum atomic E-state index is 0. The van der Waals surface area contributed by atoms with Gasteiger partial charge in [-0.2, -0.15) is 0 Å². The lowest BCUT2D eigenvalue weighted by Crippen LogP contribution is -2.19. The number of hydrogen-bond donors (Lipinski definition) is 2. The van der Waals surface area contributed by atoms with E-state index in [2.05, 4.69) is 50.2 Å². The molecule has 148 valence electrons. The van der Waals surface area contributed by atoms with Crippen LogP contribution >= 0.6 is 40.7 Å². The third-order valence-electron chi connectivity index (χ3n) is 5.20. The highest BCUT2D eigenvalue weighted by atomic mass is 79.9. The van der Waals surface area contributed by atoms with E-state index in [4.69, 9.17) is 5.73 Å². The maximum absolute atomic E-state index is 5.54. The molecule has 0 spiro atoms. The molecule has 1 aromatic heterocycles. The Hall–Kier alpha value is -0.260. The number of nitrogens with zero attached hydrogens (tertiary/aromatic N) is 1. The predicted molar refractivity (Wildman–Crippen MR) is 121 cm³/mol. The zero-order chi connectivity index (χ0) is 16.8. The maximum Gasteiger partial charge on any atom is 0.0486 e. The number of hydrogen-bond acceptors (Lipinski definition) is 2. The Kier molecular flexibility index (Phi) is 11.2. The number of aromatic nitrogens is 1. The van der Waals surface area contributed by atoms with Gasteiger partial charge in [-0.15, -0.1) is 24.8 Å². The van der Waals surface area contributed by atoms with Crippen molar-refractivity contribution in [2.45, 2.75) is 57.4 Å². The lowest BCUT2D eigenvalue weighted by atomic mass is 9.95. The summed E-state index contributed by atoms with van der Waals surface area (Å²) in [5.41, 5.74) is 8.45. The third kappa shape index (κ3) is 6.13. The Morgan fingerprint density at radius 2 is 1.81 bits per heavy atom. The minimum Gasteiger partial charge on any atom is -0.344 e. The van der Waals surface area contributed by atoms with Crippen LogP contribution in [0.15, 0.2) is 28.9 Å². The summed E-state index contributed by atoms with van der Waals surface area (Å²) in [7, 11) is 0. The summed E-state index contributed by atoms with van der Waals surface area (Å²) in [6, 6.07) is 7.46. The largest absolute Gasteiger partial charge is 0.344 e. The van der Waals surface area contributed by atoms with Crippen molar-refractivity contribution in [1.82, 2.24) is 9.88 Å². The highest BCUT2D eigenvalue weighted by Crippen LogP contribution is 2.34. The molecule has 1 aromatic carbocycles. The molecule has 1 saturated carbocycles. The summed E-state index contributed by atoms with van der Waals surface area (Å²) in [6.45, 7) is 2.88. The molecule has 0 saturated heterocycles. The molecule has 3 rings (SSSR count). The van der Waals surface area contributed by atoms with Crippen LogP contribution in [0.5, 0.6) is 0 Å². The van der Waals surface area contributed by atoms with Crippen LogP contribution < -0.4 is 11.1 Å². The number of fused-ring (bicyclic) bond motifs is 1. The zero-order valence-corrected chi connectivity index (χ0v) is 18.6. The second kappa shape index (κ2) is 12.2. The van der Waals surface area contributed by atoms with E-state index >= 15 is 0 Å². The van der Waals surface area contributed by atoms with Crippen LogP contribution in [0.1, 0.15) is 56.6 Å². The number of halogens is 3. The number of rotatable bonds is 8. The van der Waals surface area contributed by atoms with E-state index < -0.39 is 0 Å². The van der Waals surface area contributed by atoms with Crippen LogP contribution in [0.2, 0.25) is 0 Å². The highest BCUT2D eigenvalue weighted by Gasteiger charge is 2.18. The van der Waals surface area contributed by atoms with Crippen LogP contribution in [0, 0.1) is 0 Å². The first kappa shape index (κ1) is 23.8. The molecular formula is C20H32BrCl2N3. The van der Waals surface area contributed by atoms with Crippen LogP contribution in [0.25, 0.3) is 10.9 Å². The summed E-state index contributed by atoms with van der Waals surface area (Å²) >= 11 is 3.65. The molecule has 0 bridgehead atoms. The zero-order valence-electron chi connectivity index (χ0n) is 15.4. The van der Waals surface area contributed by atoms with E-state index in [1.165, 1.54) is 59.5 Å². The number of benzene rings is 1. The van der Waals surface area contributed by atoms with Gasteiger partial charge in [0.1, 0.15) is 0 Å². The Morgan fingerprint density at radius 3 is 2.54 bits per heavy atom. The number of nitrogens with one attached hydrogen (secondary N) is 1. The van der Waals surface area contributed by atoms with Crippen LogP contribution in [0.4, 0.5) is 0 Å². The van der Waals surface area contributed by atoms with Crippen molar-refractivity contribution in [2.75, 3.05) is 19.6 Å². The van der Waals surface area contributed by atoms with E-state index in [-0.39, 0.29) is 24.8 Å². The highest BCUT2D eigenvalue weighted by molar-refractivity contribution is 9.10. The van der Waals surface area contributed by atoms with Crippen molar-refractivity contribution in [3.63, 3.8) is 0 Å². The van der Waals surface area contributed by atoms with E-state index in [1.54, 1.807) is 0 Å². The molecule has 3 nitrogen and oxygen atoms in total. The monoisotopic (exact) mass is 463 g/mol. The van der Waals surface area contributed by atoms with Crippen molar-refractivity contribution < 1.29 is 0 Å². The van der Waals surface area contributed by atoms with Gasteiger partial charge in [-0.25, -0.2) is 0 Å². The van der Waals surface area contributed by atoms with Gasteiger partial charge >= 0.3 is 0 Å². The summed E-state index contributed by atoms with van der Waals surface area (Å²) in [5.74, 6) is 0. The average molecular weight is 465 g/mol. The minimum absolute atomic E-state index is 0. The summed E-state index contributed by atoms with van der Waals surface area (Å²) < 4.78 is 3.75.